The smallest absolute Gasteiger partial charge is 0.252 e. The molecule has 0 fully saturated rings. The summed E-state index contributed by atoms with van der Waals surface area (Å²) in [7, 11) is -3.10. The Balaban J connectivity index is 2.38. The number of hydrogen-bond donors (Lipinski definition) is 2. The van der Waals surface area contributed by atoms with Gasteiger partial charge in [-0.2, -0.15) is 0 Å². The van der Waals surface area contributed by atoms with E-state index in [-0.39, 0.29) is 24.7 Å². The Bertz CT molecular complexity index is 601. The Morgan fingerprint density at radius 2 is 1.85 bits per heavy atom. The van der Waals surface area contributed by atoms with Crippen LogP contribution < -0.4 is 10.6 Å². The third-order valence-electron chi connectivity index (χ3n) is 2.32. The highest BCUT2D eigenvalue weighted by Crippen LogP contribution is 2.10. The lowest BCUT2D eigenvalue weighted by atomic mass is 10.2. The molecule has 0 bridgehead atoms. The molecule has 0 aromatic heterocycles. The highest BCUT2D eigenvalue weighted by Gasteiger charge is 2.10. The van der Waals surface area contributed by atoms with Gasteiger partial charge in [0.05, 0.1) is 17.9 Å². The highest BCUT2D eigenvalue weighted by atomic mass is 127. The molecule has 1 rings (SSSR count). The van der Waals surface area contributed by atoms with Gasteiger partial charge in [-0.25, -0.2) is 8.42 Å². The third kappa shape index (κ3) is 6.33. The second-order valence-electron chi connectivity index (χ2n) is 4.14. The van der Waals surface area contributed by atoms with Gasteiger partial charge < -0.3 is 10.6 Å². The van der Waals surface area contributed by atoms with Crippen molar-refractivity contribution < 1.29 is 18.0 Å². The van der Waals surface area contributed by atoms with Crippen molar-refractivity contribution in [2.45, 2.75) is 0 Å². The average Bonchev–Trinajstić information content (AvgIpc) is 2.35. The zero-order chi connectivity index (χ0) is 15.2. The van der Waals surface area contributed by atoms with Crippen molar-refractivity contribution in [1.29, 1.82) is 0 Å². The summed E-state index contributed by atoms with van der Waals surface area (Å²) in [6.07, 6.45) is 1.10. The molecule has 0 saturated carbocycles. The van der Waals surface area contributed by atoms with Crippen LogP contribution in [0.4, 0.5) is 0 Å². The molecule has 0 spiro atoms. The van der Waals surface area contributed by atoms with Crippen molar-refractivity contribution in [1.82, 2.24) is 10.6 Å². The van der Waals surface area contributed by atoms with Gasteiger partial charge in [-0.1, -0.05) is 12.1 Å². The molecule has 0 atom stereocenters. The number of carbonyl (C=O) groups is 2. The second kappa shape index (κ2) is 7.58. The molecule has 2 N–H and O–H groups in total. The molecule has 6 nitrogen and oxygen atoms in total. The first kappa shape index (κ1) is 16.9. The largest absolute Gasteiger partial charge is 0.354 e. The Morgan fingerprint density at radius 3 is 2.45 bits per heavy atom. The molecule has 110 valence electrons. The van der Waals surface area contributed by atoms with Crippen LogP contribution in [-0.4, -0.2) is 45.3 Å². The maximum atomic E-state index is 11.8. The van der Waals surface area contributed by atoms with Gasteiger partial charge in [0.2, 0.25) is 5.91 Å². The minimum atomic E-state index is -3.10. The van der Waals surface area contributed by atoms with Crippen LogP contribution in [0.5, 0.6) is 0 Å². The molecule has 2 amide bonds. The van der Waals surface area contributed by atoms with Crippen LogP contribution in [0.2, 0.25) is 0 Å². The van der Waals surface area contributed by atoms with E-state index < -0.39 is 15.7 Å². The van der Waals surface area contributed by atoms with Crippen LogP contribution >= 0.6 is 22.6 Å². The standard InChI is InChI=1S/C12H15IN2O4S/c1-20(18,19)7-6-14-11(16)8-15-12(17)9-4-2-3-5-10(9)13/h2-5H,6-8H2,1H3,(H,14,16)(H,15,17). The summed E-state index contributed by atoms with van der Waals surface area (Å²) >= 11 is 2.04. The van der Waals surface area contributed by atoms with Crippen LogP contribution in [-0.2, 0) is 14.6 Å². The van der Waals surface area contributed by atoms with Crippen molar-refractivity contribution in [3.63, 3.8) is 0 Å². The van der Waals surface area contributed by atoms with E-state index in [2.05, 4.69) is 10.6 Å². The van der Waals surface area contributed by atoms with Gasteiger partial charge in [0.1, 0.15) is 9.84 Å². The zero-order valence-corrected chi connectivity index (χ0v) is 13.8. The molecule has 0 heterocycles. The molecule has 0 aliphatic rings. The van der Waals surface area contributed by atoms with Gasteiger partial charge in [-0.15, -0.1) is 0 Å². The van der Waals surface area contributed by atoms with E-state index in [0.29, 0.717) is 5.56 Å². The van der Waals surface area contributed by atoms with Crippen molar-refractivity contribution in [2.24, 2.45) is 0 Å². The minimum absolute atomic E-state index is 0.0381. The fraction of sp³-hybridized carbons (Fsp3) is 0.333. The summed E-state index contributed by atoms with van der Waals surface area (Å²) in [5, 5.41) is 4.91. The van der Waals surface area contributed by atoms with E-state index in [4.69, 9.17) is 0 Å². The Kier molecular flexibility index (Phi) is 6.40. The number of carbonyl (C=O) groups excluding carboxylic acids is 2. The van der Waals surface area contributed by atoms with Crippen LogP contribution in [0.3, 0.4) is 0 Å². The van der Waals surface area contributed by atoms with Crippen LogP contribution in [0.25, 0.3) is 0 Å². The lowest BCUT2D eigenvalue weighted by Gasteiger charge is -2.07. The number of rotatable bonds is 6. The van der Waals surface area contributed by atoms with E-state index in [0.717, 1.165) is 9.83 Å². The maximum Gasteiger partial charge on any atom is 0.252 e. The fourth-order valence-electron chi connectivity index (χ4n) is 1.34. The topological polar surface area (TPSA) is 92.3 Å². The molecule has 20 heavy (non-hydrogen) atoms. The number of halogens is 1. The molecule has 8 heteroatoms. The number of hydrogen-bond acceptors (Lipinski definition) is 4. The zero-order valence-electron chi connectivity index (χ0n) is 10.8. The molecule has 0 saturated heterocycles. The number of benzene rings is 1. The van der Waals surface area contributed by atoms with Crippen LogP contribution in [0.15, 0.2) is 24.3 Å². The van der Waals surface area contributed by atoms with Crippen LogP contribution in [0.1, 0.15) is 10.4 Å². The molecule has 1 aromatic carbocycles. The van der Waals surface area contributed by atoms with Gasteiger partial charge in [0.15, 0.2) is 0 Å². The van der Waals surface area contributed by atoms with E-state index in [1.807, 2.05) is 28.7 Å². The Labute approximate surface area is 131 Å². The molecule has 0 radical (unpaired) electrons. The lowest BCUT2D eigenvalue weighted by molar-refractivity contribution is -0.120. The summed E-state index contributed by atoms with van der Waals surface area (Å²) < 4.78 is 22.6. The SMILES string of the molecule is CS(=O)(=O)CCNC(=O)CNC(=O)c1ccccc1I. The highest BCUT2D eigenvalue weighted by molar-refractivity contribution is 14.1. The van der Waals surface area contributed by atoms with Gasteiger partial charge in [-0.3, -0.25) is 9.59 Å². The second-order valence-corrected chi connectivity index (χ2v) is 7.56. The molecular formula is C12H15IN2O4S. The molecule has 0 unspecified atom stereocenters. The molecule has 1 aromatic rings. The van der Waals surface area contributed by atoms with Gasteiger partial charge in [-0.05, 0) is 34.7 Å². The quantitative estimate of drug-likeness (QED) is 0.655. The van der Waals surface area contributed by atoms with Crippen LogP contribution in [0, 0.1) is 3.57 Å². The number of sulfone groups is 1. The molecule has 0 aliphatic carbocycles. The van der Waals surface area contributed by atoms with E-state index >= 15 is 0 Å². The van der Waals surface area contributed by atoms with E-state index in [9.17, 15) is 18.0 Å². The lowest BCUT2D eigenvalue weighted by Crippen LogP contribution is -2.38. The summed E-state index contributed by atoms with van der Waals surface area (Å²) in [6, 6.07) is 7.01. The maximum absolute atomic E-state index is 11.8. The summed E-state index contributed by atoms with van der Waals surface area (Å²) in [5.41, 5.74) is 0.497. The number of amides is 2. The first-order valence-corrected chi connectivity index (χ1v) is 8.90. The molecule has 0 aliphatic heterocycles. The van der Waals surface area contributed by atoms with Crippen molar-refractivity contribution >= 4 is 44.2 Å². The normalized spacial score (nSPS) is 10.9. The van der Waals surface area contributed by atoms with Gasteiger partial charge in [0, 0.05) is 16.4 Å². The van der Waals surface area contributed by atoms with Gasteiger partial charge in [0.25, 0.3) is 5.91 Å². The molecular weight excluding hydrogens is 395 g/mol. The van der Waals surface area contributed by atoms with Crippen molar-refractivity contribution in [3.8, 4) is 0 Å². The summed E-state index contributed by atoms with van der Waals surface area (Å²) in [4.78, 5) is 23.2. The van der Waals surface area contributed by atoms with Crippen molar-refractivity contribution in [3.05, 3.63) is 33.4 Å². The van der Waals surface area contributed by atoms with E-state index in [1.165, 1.54) is 0 Å². The number of nitrogens with one attached hydrogen (secondary N) is 2. The third-order valence-corrected chi connectivity index (χ3v) is 4.21. The fourth-order valence-corrected chi connectivity index (χ4v) is 2.44. The minimum Gasteiger partial charge on any atom is -0.354 e. The first-order chi connectivity index (χ1) is 9.29. The Morgan fingerprint density at radius 1 is 1.20 bits per heavy atom. The van der Waals surface area contributed by atoms with Crippen molar-refractivity contribution in [2.75, 3.05) is 25.1 Å². The summed E-state index contributed by atoms with van der Waals surface area (Å²) in [6.45, 7) is -0.149. The summed E-state index contributed by atoms with van der Waals surface area (Å²) in [5.74, 6) is -0.885. The predicted molar refractivity (Wildman–Crippen MR) is 84.2 cm³/mol. The van der Waals surface area contributed by atoms with E-state index in [1.54, 1.807) is 18.2 Å². The Hall–Kier alpha value is -1.16. The average molecular weight is 410 g/mol. The predicted octanol–water partition coefficient (Wildman–Crippen LogP) is 0.182. The monoisotopic (exact) mass is 410 g/mol. The first-order valence-electron chi connectivity index (χ1n) is 5.77. The van der Waals surface area contributed by atoms with Gasteiger partial charge >= 0.3 is 0 Å².